The normalized spacial score (nSPS) is 10.8. The highest BCUT2D eigenvalue weighted by atomic mass is 32.2. The number of nitrogens with one attached hydrogen (secondary N) is 1. The Kier molecular flexibility index (Phi) is 5.96. The minimum Gasteiger partial charge on any atom is -0.324 e. The van der Waals surface area contributed by atoms with Gasteiger partial charge in [0.15, 0.2) is 0 Å². The molecule has 0 bridgehead atoms. The van der Waals surface area contributed by atoms with E-state index in [0.29, 0.717) is 11.3 Å². The summed E-state index contributed by atoms with van der Waals surface area (Å²) in [7, 11) is -3.73. The van der Waals surface area contributed by atoms with Gasteiger partial charge in [0, 0.05) is 11.3 Å². The summed E-state index contributed by atoms with van der Waals surface area (Å²) in [5, 5.41) is 11.9. The molecule has 0 aliphatic carbocycles. The Morgan fingerprint density at radius 2 is 1.69 bits per heavy atom. The molecule has 6 nitrogen and oxygen atoms in total. The van der Waals surface area contributed by atoms with Crippen LogP contribution in [0.2, 0.25) is 0 Å². The lowest BCUT2D eigenvalue weighted by molar-refractivity contribution is -0.114. The predicted octanol–water partition coefficient (Wildman–Crippen LogP) is 3.63. The Balaban J connectivity index is 1.87. The summed E-state index contributed by atoms with van der Waals surface area (Å²) >= 11 is 0. The smallest absolute Gasteiger partial charge is 0.245 e. The topological polar surface area (TPSA) is 90.3 Å². The fourth-order valence-corrected chi connectivity index (χ4v) is 3.76. The molecule has 1 N–H and O–H groups in total. The first kappa shape index (κ1) is 20.1. The molecule has 7 heteroatoms. The van der Waals surface area contributed by atoms with E-state index in [9.17, 15) is 13.2 Å². The van der Waals surface area contributed by atoms with Crippen LogP contribution in [0.1, 0.15) is 5.56 Å². The second-order valence-corrected chi connectivity index (χ2v) is 8.30. The van der Waals surface area contributed by atoms with E-state index in [4.69, 9.17) is 5.26 Å². The first-order valence-corrected chi connectivity index (χ1v) is 10.7. The molecule has 0 spiro atoms. The van der Waals surface area contributed by atoms with Crippen molar-refractivity contribution in [1.82, 2.24) is 0 Å². The Hall–Kier alpha value is -3.63. The average Bonchev–Trinajstić information content (AvgIpc) is 2.72. The zero-order valence-electron chi connectivity index (χ0n) is 15.7. The zero-order chi connectivity index (χ0) is 20.9. The second kappa shape index (κ2) is 8.59. The summed E-state index contributed by atoms with van der Waals surface area (Å²) in [5.74, 6) is -0.485. The van der Waals surface area contributed by atoms with Gasteiger partial charge in [0.05, 0.1) is 23.6 Å². The first-order chi connectivity index (χ1) is 13.9. The first-order valence-electron chi connectivity index (χ1n) is 8.80. The monoisotopic (exact) mass is 405 g/mol. The van der Waals surface area contributed by atoms with E-state index in [2.05, 4.69) is 5.32 Å². The molecule has 0 heterocycles. The Morgan fingerprint density at radius 1 is 1.00 bits per heavy atom. The average molecular weight is 405 g/mol. The van der Waals surface area contributed by atoms with Crippen molar-refractivity contribution in [2.45, 2.75) is 0 Å². The van der Waals surface area contributed by atoms with Crippen LogP contribution in [0, 0.1) is 11.3 Å². The summed E-state index contributed by atoms with van der Waals surface area (Å²) in [6.07, 6.45) is 1.03. The maximum Gasteiger partial charge on any atom is 0.245 e. The van der Waals surface area contributed by atoms with E-state index >= 15 is 0 Å². The molecular weight excluding hydrogens is 386 g/mol. The number of carbonyl (C=O) groups is 1. The lowest BCUT2D eigenvalue weighted by Crippen LogP contribution is -2.37. The van der Waals surface area contributed by atoms with Gasteiger partial charge >= 0.3 is 0 Å². The summed E-state index contributed by atoms with van der Waals surface area (Å²) in [4.78, 5) is 12.7. The van der Waals surface area contributed by atoms with Crippen molar-refractivity contribution in [3.8, 4) is 17.2 Å². The molecular formula is C22H19N3O3S. The van der Waals surface area contributed by atoms with Gasteiger partial charge in [-0.15, -0.1) is 0 Å². The van der Waals surface area contributed by atoms with Crippen LogP contribution in [0.25, 0.3) is 11.1 Å². The molecule has 1 amide bonds. The van der Waals surface area contributed by atoms with Crippen molar-refractivity contribution in [3.05, 3.63) is 84.4 Å². The van der Waals surface area contributed by atoms with Crippen LogP contribution in [0.5, 0.6) is 0 Å². The highest BCUT2D eigenvalue weighted by Gasteiger charge is 2.21. The number of amides is 1. The second-order valence-electron chi connectivity index (χ2n) is 6.39. The van der Waals surface area contributed by atoms with E-state index in [0.717, 1.165) is 21.7 Å². The quantitative estimate of drug-likeness (QED) is 0.678. The van der Waals surface area contributed by atoms with Gasteiger partial charge in [-0.05, 0) is 29.8 Å². The fourth-order valence-electron chi connectivity index (χ4n) is 2.91. The van der Waals surface area contributed by atoms with Crippen molar-refractivity contribution in [2.75, 3.05) is 22.4 Å². The minimum atomic E-state index is -3.73. The number of sulfonamides is 1. The highest BCUT2D eigenvalue weighted by molar-refractivity contribution is 7.92. The number of rotatable bonds is 6. The number of para-hydroxylation sites is 1. The third kappa shape index (κ3) is 5.00. The maximum atomic E-state index is 12.7. The van der Waals surface area contributed by atoms with E-state index in [1.165, 1.54) is 6.07 Å². The van der Waals surface area contributed by atoms with E-state index < -0.39 is 22.5 Å². The van der Waals surface area contributed by atoms with Crippen LogP contribution >= 0.6 is 0 Å². The van der Waals surface area contributed by atoms with Crippen LogP contribution < -0.4 is 9.62 Å². The molecule has 0 aliphatic heterocycles. The Morgan fingerprint density at radius 3 is 2.38 bits per heavy atom. The highest BCUT2D eigenvalue weighted by Crippen LogP contribution is 2.27. The number of anilines is 2. The van der Waals surface area contributed by atoms with Crippen LogP contribution in [0.4, 0.5) is 11.4 Å². The molecule has 0 atom stereocenters. The molecule has 146 valence electrons. The molecule has 3 aromatic rings. The zero-order valence-corrected chi connectivity index (χ0v) is 16.6. The van der Waals surface area contributed by atoms with Gasteiger partial charge in [-0.25, -0.2) is 8.42 Å². The van der Waals surface area contributed by atoms with Gasteiger partial charge in [0.2, 0.25) is 15.9 Å². The van der Waals surface area contributed by atoms with Crippen molar-refractivity contribution in [3.63, 3.8) is 0 Å². The number of nitrogens with zero attached hydrogens (tertiary/aromatic N) is 2. The van der Waals surface area contributed by atoms with Gasteiger partial charge in [-0.3, -0.25) is 9.10 Å². The van der Waals surface area contributed by atoms with E-state index in [-0.39, 0.29) is 5.69 Å². The largest absolute Gasteiger partial charge is 0.324 e. The van der Waals surface area contributed by atoms with Gasteiger partial charge in [-0.2, -0.15) is 5.26 Å². The molecule has 0 aliphatic rings. The van der Waals surface area contributed by atoms with Crippen molar-refractivity contribution in [1.29, 1.82) is 5.26 Å². The SMILES string of the molecule is CS(=O)(=O)N(CC(=O)Nc1ccccc1-c1ccccc1)c1cccc(C#N)c1. The molecule has 3 rings (SSSR count). The lowest BCUT2D eigenvalue weighted by atomic mass is 10.0. The Bertz CT molecular complexity index is 1170. The van der Waals surface area contributed by atoms with Gasteiger partial charge in [0.25, 0.3) is 0 Å². The van der Waals surface area contributed by atoms with Crippen molar-refractivity contribution >= 4 is 27.3 Å². The summed E-state index contributed by atoms with van der Waals surface area (Å²) < 4.78 is 25.5. The standard InChI is InChI=1S/C22H19N3O3S/c1-29(27,28)25(19-11-7-8-17(14-19)15-23)16-22(26)24-21-13-6-5-12-20(21)18-9-3-2-4-10-18/h2-14H,16H2,1H3,(H,24,26). The third-order valence-corrected chi connectivity index (χ3v) is 5.38. The molecule has 0 aromatic heterocycles. The van der Waals surface area contributed by atoms with Crippen LogP contribution in [-0.2, 0) is 14.8 Å². The molecule has 0 saturated carbocycles. The van der Waals surface area contributed by atoms with Gasteiger partial charge in [-0.1, -0.05) is 54.6 Å². The van der Waals surface area contributed by atoms with E-state index in [1.54, 1.807) is 30.3 Å². The molecule has 0 saturated heterocycles. The summed E-state index contributed by atoms with van der Waals surface area (Å²) in [6, 6.07) is 25.0. The third-order valence-electron chi connectivity index (χ3n) is 4.24. The Labute approximate surface area is 170 Å². The fraction of sp³-hybridized carbons (Fsp3) is 0.0909. The van der Waals surface area contributed by atoms with E-state index in [1.807, 2.05) is 48.5 Å². The molecule has 29 heavy (non-hydrogen) atoms. The van der Waals surface area contributed by atoms with Crippen molar-refractivity contribution in [2.24, 2.45) is 0 Å². The number of hydrogen-bond acceptors (Lipinski definition) is 4. The predicted molar refractivity (Wildman–Crippen MR) is 114 cm³/mol. The number of nitriles is 1. The van der Waals surface area contributed by atoms with Gasteiger partial charge < -0.3 is 5.32 Å². The maximum absolute atomic E-state index is 12.7. The molecule has 0 fully saturated rings. The van der Waals surface area contributed by atoms with Crippen LogP contribution in [0.15, 0.2) is 78.9 Å². The minimum absolute atomic E-state index is 0.262. The van der Waals surface area contributed by atoms with Crippen LogP contribution in [0.3, 0.4) is 0 Å². The van der Waals surface area contributed by atoms with Crippen molar-refractivity contribution < 1.29 is 13.2 Å². The number of benzene rings is 3. The summed E-state index contributed by atoms with van der Waals surface area (Å²) in [6.45, 7) is -0.406. The molecule has 3 aromatic carbocycles. The molecule has 0 unspecified atom stereocenters. The number of carbonyl (C=O) groups excluding carboxylic acids is 1. The summed E-state index contributed by atoms with van der Waals surface area (Å²) in [5.41, 5.74) is 2.93. The lowest BCUT2D eigenvalue weighted by Gasteiger charge is -2.22. The van der Waals surface area contributed by atoms with Crippen LogP contribution in [-0.4, -0.2) is 27.1 Å². The molecule has 0 radical (unpaired) electrons. The van der Waals surface area contributed by atoms with Gasteiger partial charge in [0.1, 0.15) is 6.54 Å². The number of hydrogen-bond donors (Lipinski definition) is 1.